The van der Waals surface area contributed by atoms with Gasteiger partial charge in [-0.25, -0.2) is 4.98 Å². The third-order valence-electron chi connectivity index (χ3n) is 2.21. The maximum absolute atomic E-state index is 5.92. The summed E-state index contributed by atoms with van der Waals surface area (Å²) in [6, 6.07) is 1.97. The van der Waals surface area contributed by atoms with Crippen LogP contribution in [0.1, 0.15) is 25.8 Å². The van der Waals surface area contributed by atoms with Gasteiger partial charge in [-0.05, 0) is 31.9 Å². The van der Waals surface area contributed by atoms with Crippen molar-refractivity contribution in [3.05, 3.63) is 17.8 Å². The van der Waals surface area contributed by atoms with Gasteiger partial charge in [-0.3, -0.25) is 0 Å². The van der Waals surface area contributed by atoms with Crippen LogP contribution in [-0.4, -0.2) is 18.1 Å². The zero-order valence-electron chi connectivity index (χ0n) is 9.25. The molecule has 0 radical (unpaired) electrons. The average Bonchev–Trinajstić information content (AvgIpc) is 2.15. The van der Waals surface area contributed by atoms with Gasteiger partial charge in [0.05, 0.1) is 5.69 Å². The summed E-state index contributed by atoms with van der Waals surface area (Å²) in [7, 11) is 0. The number of aromatic nitrogens is 1. The minimum Gasteiger partial charge on any atom is -0.396 e. The lowest BCUT2D eigenvalue weighted by atomic mass is 10.2. The fourth-order valence-electron chi connectivity index (χ4n) is 1.53. The second kappa shape index (κ2) is 4.84. The van der Waals surface area contributed by atoms with Crippen LogP contribution in [0, 0.1) is 6.92 Å². The molecule has 78 valence electrons. The predicted molar refractivity (Wildman–Crippen MR) is 61.6 cm³/mol. The van der Waals surface area contributed by atoms with E-state index >= 15 is 0 Å². The number of pyridine rings is 1. The molecule has 1 aromatic rings. The molecule has 1 rings (SSSR count). The molecular formula is C11H19N3. The summed E-state index contributed by atoms with van der Waals surface area (Å²) in [6.45, 7) is 8.25. The van der Waals surface area contributed by atoms with Gasteiger partial charge in [0.15, 0.2) is 5.82 Å². The van der Waals surface area contributed by atoms with Crippen LogP contribution in [0.3, 0.4) is 0 Å². The van der Waals surface area contributed by atoms with E-state index in [0.717, 1.165) is 36.6 Å². The van der Waals surface area contributed by atoms with Gasteiger partial charge in [0, 0.05) is 19.3 Å². The molecule has 0 amide bonds. The first kappa shape index (κ1) is 10.8. The Balaban J connectivity index is 2.92. The Morgan fingerprint density at radius 2 is 2.14 bits per heavy atom. The van der Waals surface area contributed by atoms with Gasteiger partial charge in [0.2, 0.25) is 0 Å². The van der Waals surface area contributed by atoms with E-state index in [1.807, 2.05) is 19.2 Å². The number of nitrogens with two attached hydrogens (primary N) is 1. The number of hydrogen-bond acceptors (Lipinski definition) is 3. The molecule has 0 fully saturated rings. The largest absolute Gasteiger partial charge is 0.396 e. The topological polar surface area (TPSA) is 42.2 Å². The van der Waals surface area contributed by atoms with Crippen LogP contribution in [0.2, 0.25) is 0 Å². The predicted octanol–water partition coefficient (Wildman–Crippen LogP) is 2.21. The van der Waals surface area contributed by atoms with Crippen molar-refractivity contribution in [2.24, 2.45) is 0 Å². The number of anilines is 2. The van der Waals surface area contributed by atoms with Gasteiger partial charge in [-0.2, -0.15) is 0 Å². The monoisotopic (exact) mass is 193 g/mol. The van der Waals surface area contributed by atoms with Gasteiger partial charge in [0.25, 0.3) is 0 Å². The number of hydrogen-bond donors (Lipinski definition) is 1. The maximum atomic E-state index is 5.92. The van der Waals surface area contributed by atoms with E-state index in [1.165, 1.54) is 0 Å². The minimum absolute atomic E-state index is 0.778. The SMILES string of the molecule is CCCN(CC)c1ncc(C)cc1N. The molecular weight excluding hydrogens is 174 g/mol. The molecule has 0 saturated carbocycles. The number of nitrogens with zero attached hydrogens (tertiary/aromatic N) is 2. The van der Waals surface area contributed by atoms with E-state index in [1.54, 1.807) is 0 Å². The Morgan fingerprint density at radius 3 is 2.64 bits per heavy atom. The minimum atomic E-state index is 0.778. The normalized spacial score (nSPS) is 10.2. The highest BCUT2D eigenvalue weighted by Gasteiger charge is 2.07. The molecule has 14 heavy (non-hydrogen) atoms. The second-order valence-electron chi connectivity index (χ2n) is 3.51. The van der Waals surface area contributed by atoms with Crippen LogP contribution in [0.4, 0.5) is 11.5 Å². The summed E-state index contributed by atoms with van der Waals surface area (Å²) in [5, 5.41) is 0. The van der Waals surface area contributed by atoms with Gasteiger partial charge < -0.3 is 10.6 Å². The molecule has 2 N–H and O–H groups in total. The molecule has 3 nitrogen and oxygen atoms in total. The third-order valence-corrected chi connectivity index (χ3v) is 2.21. The maximum Gasteiger partial charge on any atom is 0.151 e. The van der Waals surface area contributed by atoms with E-state index in [0.29, 0.717) is 0 Å². The molecule has 0 spiro atoms. The molecule has 0 unspecified atom stereocenters. The summed E-state index contributed by atoms with van der Waals surface area (Å²) in [5.41, 5.74) is 7.81. The first-order chi connectivity index (χ1) is 6.69. The Hall–Kier alpha value is -1.25. The highest BCUT2D eigenvalue weighted by atomic mass is 15.2. The number of aryl methyl sites for hydroxylation is 1. The molecule has 0 saturated heterocycles. The highest BCUT2D eigenvalue weighted by Crippen LogP contribution is 2.20. The molecule has 1 heterocycles. The summed E-state index contributed by atoms with van der Waals surface area (Å²) in [5.74, 6) is 0.917. The van der Waals surface area contributed by atoms with Gasteiger partial charge >= 0.3 is 0 Å². The first-order valence-corrected chi connectivity index (χ1v) is 5.16. The van der Waals surface area contributed by atoms with Gasteiger partial charge in [-0.1, -0.05) is 6.92 Å². The Morgan fingerprint density at radius 1 is 1.43 bits per heavy atom. The Kier molecular flexibility index (Phi) is 3.74. The average molecular weight is 193 g/mol. The van der Waals surface area contributed by atoms with E-state index in [-0.39, 0.29) is 0 Å². The Bertz CT molecular complexity index is 297. The molecule has 0 bridgehead atoms. The molecule has 0 aliphatic rings. The quantitative estimate of drug-likeness (QED) is 0.797. The molecule has 0 aliphatic heterocycles. The second-order valence-corrected chi connectivity index (χ2v) is 3.51. The molecule has 0 aromatic carbocycles. The summed E-state index contributed by atoms with van der Waals surface area (Å²) in [4.78, 5) is 6.57. The van der Waals surface area contributed by atoms with Crippen LogP contribution >= 0.6 is 0 Å². The van der Waals surface area contributed by atoms with Gasteiger partial charge in [-0.15, -0.1) is 0 Å². The van der Waals surface area contributed by atoms with Crippen LogP contribution < -0.4 is 10.6 Å². The molecule has 1 aromatic heterocycles. The first-order valence-electron chi connectivity index (χ1n) is 5.16. The number of rotatable bonds is 4. The lowest BCUT2D eigenvalue weighted by Crippen LogP contribution is -2.25. The Labute approximate surface area is 85.9 Å². The van der Waals surface area contributed by atoms with Crippen molar-refractivity contribution in [2.75, 3.05) is 23.7 Å². The molecule has 0 atom stereocenters. The zero-order chi connectivity index (χ0) is 10.6. The fraction of sp³-hybridized carbons (Fsp3) is 0.545. The van der Waals surface area contributed by atoms with Gasteiger partial charge in [0.1, 0.15) is 0 Å². The van der Waals surface area contributed by atoms with Crippen molar-refractivity contribution in [3.8, 4) is 0 Å². The van der Waals surface area contributed by atoms with Crippen LogP contribution in [0.25, 0.3) is 0 Å². The summed E-state index contributed by atoms with van der Waals surface area (Å²) >= 11 is 0. The van der Waals surface area contributed by atoms with Crippen LogP contribution in [0.5, 0.6) is 0 Å². The van der Waals surface area contributed by atoms with Crippen molar-refractivity contribution in [1.82, 2.24) is 4.98 Å². The summed E-state index contributed by atoms with van der Waals surface area (Å²) in [6.07, 6.45) is 2.98. The highest BCUT2D eigenvalue weighted by molar-refractivity contribution is 5.63. The standard InChI is InChI=1S/C11H19N3/c1-4-6-14(5-2)11-10(12)7-9(3)8-13-11/h7-8H,4-6,12H2,1-3H3. The summed E-state index contributed by atoms with van der Waals surface area (Å²) < 4.78 is 0. The van der Waals surface area contributed by atoms with Crippen molar-refractivity contribution < 1.29 is 0 Å². The smallest absolute Gasteiger partial charge is 0.151 e. The zero-order valence-corrected chi connectivity index (χ0v) is 9.25. The van der Waals surface area contributed by atoms with Crippen molar-refractivity contribution in [3.63, 3.8) is 0 Å². The van der Waals surface area contributed by atoms with Crippen LogP contribution in [-0.2, 0) is 0 Å². The van der Waals surface area contributed by atoms with E-state index < -0.39 is 0 Å². The van der Waals surface area contributed by atoms with Crippen LogP contribution in [0.15, 0.2) is 12.3 Å². The van der Waals surface area contributed by atoms with Crippen molar-refractivity contribution >= 4 is 11.5 Å². The van der Waals surface area contributed by atoms with E-state index in [4.69, 9.17) is 5.73 Å². The van der Waals surface area contributed by atoms with Crippen molar-refractivity contribution in [1.29, 1.82) is 0 Å². The third kappa shape index (κ3) is 2.37. The fourth-order valence-corrected chi connectivity index (χ4v) is 1.53. The lowest BCUT2D eigenvalue weighted by molar-refractivity contribution is 0.779. The van der Waals surface area contributed by atoms with Crippen molar-refractivity contribution in [2.45, 2.75) is 27.2 Å². The molecule has 0 aliphatic carbocycles. The lowest BCUT2D eigenvalue weighted by Gasteiger charge is -2.22. The number of nitrogen functional groups attached to an aromatic ring is 1. The molecule has 3 heteroatoms. The van der Waals surface area contributed by atoms with E-state index in [9.17, 15) is 0 Å². The van der Waals surface area contributed by atoms with E-state index in [2.05, 4.69) is 23.7 Å².